The topological polar surface area (TPSA) is 82.2 Å². The van der Waals surface area contributed by atoms with Gasteiger partial charge in [-0.25, -0.2) is 9.48 Å². The Balaban J connectivity index is 1.77. The number of nitrogens with two attached hydrogens (primary N) is 1. The smallest absolute Gasteiger partial charge is 0.411 e. The van der Waals surface area contributed by atoms with Crippen LogP contribution < -0.4 is 11.1 Å². The maximum Gasteiger partial charge on any atom is 0.411 e. The lowest BCUT2D eigenvalue weighted by Gasteiger charge is -2.11. The lowest BCUT2D eigenvalue weighted by atomic mass is 10.1. The molecule has 0 saturated heterocycles. The number of nitrogen functional groups attached to an aromatic ring is 1. The van der Waals surface area contributed by atoms with Crippen molar-refractivity contribution in [2.75, 3.05) is 17.7 Å². The molecule has 3 N–H and O–H groups in total. The summed E-state index contributed by atoms with van der Waals surface area (Å²) in [6.07, 6.45) is 1.90. The minimum Gasteiger partial charge on any atom is -0.449 e. The Labute approximate surface area is 175 Å². The number of aromatic nitrogens is 2. The van der Waals surface area contributed by atoms with Crippen LogP contribution in [0.4, 0.5) is 16.2 Å². The Bertz CT molecular complexity index is 1060. The second-order valence-electron chi connectivity index (χ2n) is 7.16. The molecule has 0 spiro atoms. The molecule has 0 bridgehead atoms. The number of hydrogen-bond acceptors (Lipinski definition) is 5. The fourth-order valence-corrected chi connectivity index (χ4v) is 2.90. The highest BCUT2D eigenvalue weighted by molar-refractivity contribution is 7.71. The molecule has 3 aromatic rings. The van der Waals surface area contributed by atoms with Crippen LogP contribution in [0.15, 0.2) is 60.8 Å². The minimum atomic E-state index is -0.461. The van der Waals surface area contributed by atoms with E-state index in [2.05, 4.69) is 10.4 Å². The maximum atomic E-state index is 11.9. The van der Waals surface area contributed by atoms with Crippen LogP contribution in [-0.4, -0.2) is 22.5 Å². The van der Waals surface area contributed by atoms with E-state index in [1.165, 1.54) is 0 Å². The van der Waals surface area contributed by atoms with Crippen LogP contribution in [0.1, 0.15) is 25.1 Å². The summed E-state index contributed by atoms with van der Waals surface area (Å²) < 4.78 is 7.60. The first-order valence-electron chi connectivity index (χ1n) is 9.38. The molecule has 1 aromatic heterocycles. The van der Waals surface area contributed by atoms with Crippen molar-refractivity contribution in [1.29, 1.82) is 0 Å². The fourth-order valence-electron chi connectivity index (χ4n) is 2.73. The third kappa shape index (κ3) is 5.89. The molecule has 0 fully saturated rings. The number of ether oxygens (including phenoxy) is 1. The van der Waals surface area contributed by atoms with Crippen molar-refractivity contribution in [2.24, 2.45) is 5.92 Å². The molecule has 7 heteroatoms. The van der Waals surface area contributed by atoms with Gasteiger partial charge in [-0.1, -0.05) is 44.3 Å². The van der Waals surface area contributed by atoms with Crippen molar-refractivity contribution in [3.63, 3.8) is 0 Å². The standard InChI is InChI=1S/C22H24N4O2S/c1-15(2)14-28-22(27)24-18-7-3-5-16(11-18)12-20-21(29)9-10-26(25-20)19-8-4-6-17(23)13-19/h3-11,13,15H,12,14,23H2,1-2H3,(H,24,27). The first-order chi connectivity index (χ1) is 13.9. The third-order valence-corrected chi connectivity index (χ3v) is 4.48. The fraction of sp³-hybridized carbons (Fsp3) is 0.227. The van der Waals surface area contributed by atoms with E-state index in [0.717, 1.165) is 16.9 Å². The Morgan fingerprint density at radius 2 is 2.00 bits per heavy atom. The van der Waals surface area contributed by atoms with Crippen LogP contribution in [-0.2, 0) is 11.2 Å². The van der Waals surface area contributed by atoms with Gasteiger partial charge in [0.15, 0.2) is 0 Å². The quantitative estimate of drug-likeness (QED) is 0.444. The normalized spacial score (nSPS) is 10.7. The molecule has 3 rings (SSSR count). The summed E-state index contributed by atoms with van der Waals surface area (Å²) in [5.41, 5.74) is 9.83. The van der Waals surface area contributed by atoms with Crippen molar-refractivity contribution in [3.8, 4) is 5.69 Å². The summed E-state index contributed by atoms with van der Waals surface area (Å²) in [5.74, 6) is 0.286. The van der Waals surface area contributed by atoms with Crippen molar-refractivity contribution in [3.05, 3.63) is 76.6 Å². The molecule has 6 nitrogen and oxygen atoms in total. The zero-order chi connectivity index (χ0) is 20.8. The van der Waals surface area contributed by atoms with Gasteiger partial charge in [-0.15, -0.1) is 0 Å². The summed E-state index contributed by atoms with van der Waals surface area (Å²) in [6.45, 7) is 4.36. The highest BCUT2D eigenvalue weighted by Crippen LogP contribution is 2.17. The van der Waals surface area contributed by atoms with Crippen molar-refractivity contribution in [2.45, 2.75) is 20.3 Å². The molecule has 0 atom stereocenters. The molecule has 0 aliphatic heterocycles. The van der Waals surface area contributed by atoms with Gasteiger partial charge in [-0.05, 0) is 47.9 Å². The lowest BCUT2D eigenvalue weighted by Crippen LogP contribution is -2.16. The predicted octanol–water partition coefficient (Wildman–Crippen LogP) is 4.98. The lowest BCUT2D eigenvalue weighted by molar-refractivity contribution is 0.147. The first-order valence-corrected chi connectivity index (χ1v) is 9.79. The van der Waals surface area contributed by atoms with Gasteiger partial charge < -0.3 is 10.5 Å². The van der Waals surface area contributed by atoms with Crippen molar-refractivity contribution < 1.29 is 9.53 Å². The number of carbonyl (C=O) groups is 1. The average molecular weight is 409 g/mol. The van der Waals surface area contributed by atoms with Crippen LogP contribution in [0.2, 0.25) is 0 Å². The number of carbonyl (C=O) groups excluding carboxylic acids is 1. The Kier molecular flexibility index (Phi) is 6.61. The number of anilines is 2. The second-order valence-corrected chi connectivity index (χ2v) is 7.60. The van der Waals surface area contributed by atoms with Crippen LogP contribution in [0.25, 0.3) is 5.69 Å². The van der Waals surface area contributed by atoms with Crippen LogP contribution in [0, 0.1) is 10.4 Å². The summed E-state index contributed by atoms with van der Waals surface area (Å²) >= 11 is 5.46. The van der Waals surface area contributed by atoms with Gasteiger partial charge in [-0.3, -0.25) is 5.32 Å². The minimum absolute atomic E-state index is 0.286. The maximum absolute atomic E-state index is 11.9. The highest BCUT2D eigenvalue weighted by atomic mass is 32.1. The first kappa shape index (κ1) is 20.5. The summed E-state index contributed by atoms with van der Waals surface area (Å²) in [6, 6.07) is 16.9. The molecule has 2 aromatic carbocycles. The SMILES string of the molecule is CC(C)COC(=O)Nc1cccc(Cc2nn(-c3cccc(N)c3)ccc2=S)c1. The molecule has 29 heavy (non-hydrogen) atoms. The Hall–Kier alpha value is -3.19. The number of benzene rings is 2. The molecule has 0 aliphatic rings. The number of rotatable bonds is 6. The molecular weight excluding hydrogens is 384 g/mol. The van der Waals surface area contributed by atoms with Gasteiger partial charge in [0.2, 0.25) is 0 Å². The van der Waals surface area contributed by atoms with E-state index in [4.69, 9.17) is 22.7 Å². The summed E-state index contributed by atoms with van der Waals surface area (Å²) in [5, 5.41) is 7.42. The van der Waals surface area contributed by atoms with Crippen LogP contribution in [0.5, 0.6) is 0 Å². The molecule has 1 heterocycles. The highest BCUT2D eigenvalue weighted by Gasteiger charge is 2.08. The van der Waals surface area contributed by atoms with Gasteiger partial charge in [0.25, 0.3) is 0 Å². The summed E-state index contributed by atoms with van der Waals surface area (Å²) in [7, 11) is 0. The third-order valence-electron chi connectivity index (χ3n) is 4.11. The molecule has 0 unspecified atom stereocenters. The van der Waals surface area contributed by atoms with E-state index >= 15 is 0 Å². The Morgan fingerprint density at radius 3 is 2.76 bits per heavy atom. The van der Waals surface area contributed by atoms with Gasteiger partial charge in [-0.2, -0.15) is 5.10 Å². The predicted molar refractivity (Wildman–Crippen MR) is 118 cm³/mol. The van der Waals surface area contributed by atoms with Gasteiger partial charge in [0.05, 0.1) is 22.5 Å². The van der Waals surface area contributed by atoms with Gasteiger partial charge in [0.1, 0.15) is 0 Å². The molecule has 0 aliphatic carbocycles. The molecule has 0 saturated carbocycles. The van der Waals surface area contributed by atoms with E-state index in [-0.39, 0.29) is 5.92 Å². The number of nitrogens with one attached hydrogen (secondary N) is 1. The van der Waals surface area contributed by atoms with Crippen LogP contribution >= 0.6 is 12.2 Å². The zero-order valence-corrected chi connectivity index (χ0v) is 17.3. The second kappa shape index (κ2) is 9.34. The zero-order valence-electron chi connectivity index (χ0n) is 16.5. The van der Waals surface area contributed by atoms with Crippen molar-refractivity contribution in [1.82, 2.24) is 9.78 Å². The van der Waals surface area contributed by atoms with E-state index < -0.39 is 6.09 Å². The van der Waals surface area contributed by atoms with Crippen LogP contribution in [0.3, 0.4) is 0 Å². The molecule has 0 radical (unpaired) electrons. The summed E-state index contributed by atoms with van der Waals surface area (Å²) in [4.78, 5) is 11.9. The van der Waals surface area contributed by atoms with E-state index in [1.807, 2.05) is 74.6 Å². The van der Waals surface area contributed by atoms with E-state index in [1.54, 1.807) is 4.68 Å². The number of hydrogen-bond donors (Lipinski definition) is 2. The van der Waals surface area contributed by atoms with Crippen molar-refractivity contribution >= 4 is 29.7 Å². The monoisotopic (exact) mass is 408 g/mol. The largest absolute Gasteiger partial charge is 0.449 e. The molecular formula is C22H24N4O2S. The average Bonchev–Trinajstić information content (AvgIpc) is 2.68. The Morgan fingerprint density at radius 1 is 1.21 bits per heavy atom. The van der Waals surface area contributed by atoms with E-state index in [0.29, 0.717) is 28.9 Å². The molecule has 1 amide bonds. The van der Waals surface area contributed by atoms with Gasteiger partial charge >= 0.3 is 6.09 Å². The van der Waals surface area contributed by atoms with E-state index in [9.17, 15) is 4.79 Å². The number of nitrogens with zero attached hydrogens (tertiary/aromatic N) is 2. The molecule has 150 valence electrons. The number of amides is 1. The van der Waals surface area contributed by atoms with Gasteiger partial charge in [0, 0.05) is 24.0 Å².